The highest BCUT2D eigenvalue weighted by atomic mass is 35.5. The summed E-state index contributed by atoms with van der Waals surface area (Å²) < 4.78 is 37.0. The van der Waals surface area contributed by atoms with Gasteiger partial charge in [-0.3, -0.25) is 0 Å². The molecule has 0 bridgehead atoms. The summed E-state index contributed by atoms with van der Waals surface area (Å²) in [6.07, 6.45) is 7.97. The molecule has 2 aromatic rings. The van der Waals surface area contributed by atoms with Gasteiger partial charge in [0, 0.05) is 30.6 Å². The third kappa shape index (κ3) is 5.65. The van der Waals surface area contributed by atoms with Crippen LogP contribution >= 0.6 is 11.6 Å². The van der Waals surface area contributed by atoms with Crippen molar-refractivity contribution in [2.24, 2.45) is 22.9 Å². The maximum Gasteiger partial charge on any atom is 0.335 e. The van der Waals surface area contributed by atoms with E-state index in [2.05, 4.69) is 17.0 Å². The second kappa shape index (κ2) is 11.6. The van der Waals surface area contributed by atoms with Gasteiger partial charge in [0.2, 0.25) is 10.0 Å². The molecule has 2 aromatic carbocycles. The number of hydrogen-bond acceptors (Lipinski definition) is 6. The molecule has 1 heterocycles. The molecule has 6 atom stereocenters. The van der Waals surface area contributed by atoms with Crippen molar-refractivity contribution in [1.82, 2.24) is 0 Å². The van der Waals surface area contributed by atoms with Gasteiger partial charge in [-0.1, -0.05) is 24.1 Å². The van der Waals surface area contributed by atoms with Crippen molar-refractivity contribution in [3.63, 3.8) is 0 Å². The van der Waals surface area contributed by atoms with Gasteiger partial charge in [-0.15, -0.1) is 0 Å². The van der Waals surface area contributed by atoms with Gasteiger partial charge in [0.25, 0.3) is 0 Å². The van der Waals surface area contributed by atoms with Gasteiger partial charge < -0.3 is 19.5 Å². The molecule has 0 aromatic heterocycles. The highest BCUT2D eigenvalue weighted by Gasteiger charge is 2.46. The number of nitrogens with zero attached hydrogens (tertiary/aromatic N) is 1. The molecular weight excluding hydrogens is 576 g/mol. The number of carbonyl (C=O) groups is 1. The van der Waals surface area contributed by atoms with Crippen LogP contribution in [0.4, 0.5) is 5.69 Å². The average molecular weight is 617 g/mol. The van der Waals surface area contributed by atoms with E-state index in [4.69, 9.17) is 26.2 Å². The number of benzene rings is 2. The van der Waals surface area contributed by atoms with Crippen LogP contribution in [0.3, 0.4) is 0 Å². The minimum Gasteiger partial charge on any atom is -0.490 e. The fourth-order valence-corrected chi connectivity index (χ4v) is 9.48. The molecule has 10 heteroatoms. The zero-order valence-corrected chi connectivity index (χ0v) is 25.7. The van der Waals surface area contributed by atoms with E-state index in [9.17, 15) is 18.3 Å². The van der Waals surface area contributed by atoms with Crippen molar-refractivity contribution in [2.45, 2.75) is 74.6 Å². The second-order valence-corrected chi connectivity index (χ2v) is 15.2. The Bertz CT molecular complexity index is 1450. The van der Waals surface area contributed by atoms with Gasteiger partial charge in [0.1, 0.15) is 5.75 Å². The van der Waals surface area contributed by atoms with Crippen LogP contribution in [0.2, 0.25) is 5.02 Å². The first-order valence-electron chi connectivity index (χ1n) is 15.2. The molecule has 1 aliphatic heterocycles. The number of primary sulfonamides is 1. The minimum absolute atomic E-state index is 0.0344. The number of anilines is 1. The number of sulfonamides is 1. The summed E-state index contributed by atoms with van der Waals surface area (Å²) in [5.74, 6) is 0.523. The Balaban J connectivity index is 1.31. The van der Waals surface area contributed by atoms with Gasteiger partial charge in [0.15, 0.2) is 0 Å². The lowest BCUT2D eigenvalue weighted by atomic mass is 9.65. The normalized spacial score (nSPS) is 29.9. The highest BCUT2D eigenvalue weighted by molar-refractivity contribution is 7.89. The molecule has 2 saturated carbocycles. The number of aryl methyl sites for hydroxylation is 1. The molecular formula is C32H41ClN2O6S. The molecule has 0 unspecified atom stereocenters. The van der Waals surface area contributed by atoms with Crippen LogP contribution < -0.4 is 14.8 Å². The lowest BCUT2D eigenvalue weighted by Crippen LogP contribution is -2.51. The van der Waals surface area contributed by atoms with E-state index < -0.39 is 21.2 Å². The number of halogens is 1. The van der Waals surface area contributed by atoms with Crippen molar-refractivity contribution in [3.05, 3.63) is 58.1 Å². The molecule has 8 nitrogen and oxygen atoms in total. The van der Waals surface area contributed by atoms with Crippen LogP contribution in [0.15, 0.2) is 36.4 Å². The van der Waals surface area contributed by atoms with E-state index in [1.54, 1.807) is 25.3 Å². The molecule has 0 amide bonds. The third-order valence-electron chi connectivity index (χ3n) is 10.5. The maximum absolute atomic E-state index is 12.2. The first-order chi connectivity index (χ1) is 20.1. The molecule has 1 spiro atoms. The van der Waals surface area contributed by atoms with E-state index >= 15 is 0 Å². The highest BCUT2D eigenvalue weighted by Crippen LogP contribution is 2.48. The summed E-state index contributed by atoms with van der Waals surface area (Å²) in [6.45, 7) is 1.98. The van der Waals surface area contributed by atoms with E-state index in [0.29, 0.717) is 37.0 Å². The van der Waals surface area contributed by atoms with Gasteiger partial charge in [-0.2, -0.15) is 0 Å². The fourth-order valence-electron chi connectivity index (χ4n) is 8.28. The van der Waals surface area contributed by atoms with Gasteiger partial charge >= 0.3 is 5.97 Å². The molecule has 228 valence electrons. The number of fused-ring (bicyclic) bond motifs is 3. The zero-order chi connectivity index (χ0) is 29.6. The summed E-state index contributed by atoms with van der Waals surface area (Å²) in [5.41, 5.74) is 3.35. The smallest absolute Gasteiger partial charge is 0.335 e. The summed E-state index contributed by atoms with van der Waals surface area (Å²) in [6, 6.07) is 11.3. The molecule has 0 saturated heterocycles. The molecule has 3 aliphatic carbocycles. The number of hydrogen-bond donors (Lipinski definition) is 2. The van der Waals surface area contributed by atoms with E-state index in [1.165, 1.54) is 11.1 Å². The number of carboxylic acids is 1. The minimum atomic E-state index is -3.58. The maximum atomic E-state index is 12.2. The summed E-state index contributed by atoms with van der Waals surface area (Å²) in [4.78, 5) is 14.3. The van der Waals surface area contributed by atoms with Gasteiger partial charge in [-0.05, 0) is 111 Å². The Labute approximate surface area is 253 Å². The van der Waals surface area contributed by atoms with E-state index in [1.807, 2.05) is 6.07 Å². The lowest BCUT2D eigenvalue weighted by molar-refractivity contribution is -0.0588. The van der Waals surface area contributed by atoms with E-state index in [-0.39, 0.29) is 23.0 Å². The topological polar surface area (TPSA) is 119 Å². The van der Waals surface area contributed by atoms with Gasteiger partial charge in [-0.25, -0.2) is 18.4 Å². The Hall–Kier alpha value is -2.33. The number of rotatable bonds is 7. The Morgan fingerprint density at radius 3 is 2.74 bits per heavy atom. The number of ether oxygens (including phenoxy) is 2. The Morgan fingerprint density at radius 2 is 2.02 bits per heavy atom. The van der Waals surface area contributed by atoms with Crippen LogP contribution in [0.25, 0.3) is 0 Å². The van der Waals surface area contributed by atoms with Crippen LogP contribution in [-0.4, -0.2) is 57.7 Å². The Kier molecular flexibility index (Phi) is 8.24. The van der Waals surface area contributed by atoms with Crippen molar-refractivity contribution in [3.8, 4) is 5.75 Å². The standard InChI is InChI=1S/C32H41ClN2O6S/c1-40-30(21-4-2-6-25(15-21)42(34,38)39)26-10-7-23(26)17-35-18-32(13-3-5-20-14-24(33)9-11-27(20)32)19-41-29-12-8-22(31(36)37)16-28(29)35/h8-9,11-12,14,16,21,23,25-26,30H,2-7,10,13,15,17-19H2,1H3,(H,36,37)(H2,34,38,39)/t21-,23-,25+,26+,30-,32-/m0/s1. The van der Waals surface area contributed by atoms with Gasteiger partial charge in [0.05, 0.1) is 29.2 Å². The molecule has 0 radical (unpaired) electrons. The molecule has 2 fully saturated rings. The van der Waals surface area contributed by atoms with Crippen molar-refractivity contribution in [2.75, 3.05) is 31.7 Å². The molecule has 42 heavy (non-hydrogen) atoms. The predicted molar refractivity (Wildman–Crippen MR) is 163 cm³/mol. The summed E-state index contributed by atoms with van der Waals surface area (Å²) >= 11 is 6.39. The number of aromatic carboxylic acids is 1. The summed E-state index contributed by atoms with van der Waals surface area (Å²) in [7, 11) is -1.83. The third-order valence-corrected chi connectivity index (χ3v) is 12.1. The monoisotopic (exact) mass is 616 g/mol. The second-order valence-electron chi connectivity index (χ2n) is 12.9. The molecule has 3 N–H and O–H groups in total. The zero-order valence-electron chi connectivity index (χ0n) is 24.1. The van der Waals surface area contributed by atoms with Crippen LogP contribution in [-0.2, 0) is 26.6 Å². The number of carboxylic acid groups (broad SMARTS) is 1. The summed E-state index contributed by atoms with van der Waals surface area (Å²) in [5, 5.41) is 15.6. The lowest BCUT2D eigenvalue weighted by Gasteiger charge is -2.48. The number of methoxy groups -OCH3 is 1. The van der Waals surface area contributed by atoms with Crippen molar-refractivity contribution < 1.29 is 27.8 Å². The van der Waals surface area contributed by atoms with Crippen molar-refractivity contribution in [1.29, 1.82) is 0 Å². The van der Waals surface area contributed by atoms with Crippen LogP contribution in [0, 0.1) is 17.8 Å². The van der Waals surface area contributed by atoms with Crippen LogP contribution in [0.5, 0.6) is 5.75 Å². The average Bonchev–Trinajstić information content (AvgIpc) is 3.10. The first-order valence-corrected chi connectivity index (χ1v) is 17.1. The first kappa shape index (κ1) is 29.7. The largest absolute Gasteiger partial charge is 0.490 e. The number of nitrogens with two attached hydrogens (primary N) is 1. The molecule has 6 rings (SSSR count). The van der Waals surface area contributed by atoms with Crippen molar-refractivity contribution >= 4 is 33.3 Å². The van der Waals surface area contributed by atoms with E-state index in [0.717, 1.165) is 68.7 Å². The Morgan fingerprint density at radius 1 is 1.19 bits per heavy atom. The fraction of sp³-hybridized carbons (Fsp3) is 0.594. The quantitative estimate of drug-likeness (QED) is 0.427. The predicted octanol–water partition coefficient (Wildman–Crippen LogP) is 5.40. The molecule has 4 aliphatic rings. The SMILES string of the molecule is CO[C@@H]([C@H]1CCC[C@@H](S(N)(=O)=O)C1)[C@@H]1CC[C@H]1CN1C[C@@]2(CCCc3cc(Cl)ccc32)COc2ccc(C(=O)O)cc21. The van der Waals surface area contributed by atoms with Crippen LogP contribution in [0.1, 0.15) is 72.9 Å².